The van der Waals surface area contributed by atoms with Crippen LogP contribution < -0.4 is 5.32 Å². The molecule has 0 aliphatic carbocycles. The van der Waals surface area contributed by atoms with Gasteiger partial charge in [-0.1, -0.05) is 36.0 Å². The van der Waals surface area contributed by atoms with Crippen molar-refractivity contribution in [2.45, 2.75) is 4.90 Å². The van der Waals surface area contributed by atoms with Crippen LogP contribution in [-0.4, -0.2) is 11.6 Å². The summed E-state index contributed by atoms with van der Waals surface area (Å²) >= 11 is 1.36. The van der Waals surface area contributed by atoms with Crippen LogP contribution in [-0.2, 0) is 0 Å². The third-order valence-electron chi connectivity index (χ3n) is 3.44. The average Bonchev–Trinajstić information content (AvgIpc) is 2.98. The van der Waals surface area contributed by atoms with Gasteiger partial charge in [0.25, 0.3) is 0 Å². The van der Waals surface area contributed by atoms with Crippen LogP contribution in [0.5, 0.6) is 0 Å². The monoisotopic (exact) mass is 279 g/mol. The van der Waals surface area contributed by atoms with Crippen molar-refractivity contribution in [2.24, 2.45) is 0 Å². The van der Waals surface area contributed by atoms with Crippen LogP contribution >= 0.6 is 11.8 Å². The second kappa shape index (κ2) is 4.08. The van der Waals surface area contributed by atoms with E-state index in [1.54, 1.807) is 12.1 Å². The lowest BCUT2D eigenvalue weighted by atomic mass is 10.1. The van der Waals surface area contributed by atoms with Gasteiger partial charge in [-0.2, -0.15) is 0 Å². The van der Waals surface area contributed by atoms with E-state index in [2.05, 4.69) is 5.32 Å². The Morgan fingerprint density at radius 2 is 1.50 bits per heavy atom. The molecule has 0 amide bonds. The molecule has 0 unspecified atom stereocenters. The number of nitrogens with one attached hydrogen (secondary N) is 1. The van der Waals surface area contributed by atoms with Crippen molar-refractivity contribution in [3.8, 4) is 0 Å². The lowest BCUT2D eigenvalue weighted by Crippen LogP contribution is -2.07. The largest absolute Gasteiger partial charge is 0.351 e. The Morgan fingerprint density at radius 1 is 0.800 bits per heavy atom. The van der Waals surface area contributed by atoms with Crippen LogP contribution in [0.15, 0.2) is 64.0 Å². The number of carbonyl (C=O) groups excluding carboxylic acids is 2. The molecule has 1 N–H and O–H groups in total. The van der Waals surface area contributed by atoms with E-state index in [0.717, 1.165) is 10.6 Å². The van der Waals surface area contributed by atoms with Gasteiger partial charge in [0.15, 0.2) is 0 Å². The highest BCUT2D eigenvalue weighted by atomic mass is 32.2. The summed E-state index contributed by atoms with van der Waals surface area (Å²) in [5, 5.41) is 3.08. The summed E-state index contributed by atoms with van der Waals surface area (Å²) in [6, 6.07) is 14.7. The van der Waals surface area contributed by atoms with Gasteiger partial charge < -0.3 is 5.32 Å². The van der Waals surface area contributed by atoms with Crippen molar-refractivity contribution >= 4 is 29.0 Å². The van der Waals surface area contributed by atoms with Crippen LogP contribution in [0, 0.1) is 0 Å². The Hall–Kier alpha value is -2.33. The fourth-order valence-corrected chi connectivity index (χ4v) is 3.55. The first-order valence-corrected chi connectivity index (χ1v) is 7.04. The molecule has 0 bridgehead atoms. The van der Waals surface area contributed by atoms with Crippen LogP contribution in [0.4, 0.5) is 5.69 Å². The number of para-hydroxylation sites is 1. The Bertz CT molecular complexity index is 740. The molecule has 96 valence electrons. The molecule has 20 heavy (non-hydrogen) atoms. The quantitative estimate of drug-likeness (QED) is 0.750. The lowest BCUT2D eigenvalue weighted by molar-refractivity contribution is 0.101. The smallest absolute Gasteiger partial charge is 0.212 e. The molecule has 2 aromatic rings. The molecule has 0 spiro atoms. The van der Waals surface area contributed by atoms with E-state index in [1.165, 1.54) is 11.8 Å². The highest BCUT2D eigenvalue weighted by Gasteiger charge is 2.34. The number of hydrogen-bond donors (Lipinski definition) is 1. The van der Waals surface area contributed by atoms with Crippen molar-refractivity contribution in [1.29, 1.82) is 0 Å². The first-order valence-electron chi connectivity index (χ1n) is 6.22. The molecular formula is C16H9NO2S. The predicted octanol–water partition coefficient (Wildman–Crippen LogP) is 3.50. The van der Waals surface area contributed by atoms with Gasteiger partial charge >= 0.3 is 0 Å². The number of ketones is 2. The summed E-state index contributed by atoms with van der Waals surface area (Å²) < 4.78 is 0. The second-order valence-corrected chi connectivity index (χ2v) is 5.68. The van der Waals surface area contributed by atoms with Crippen molar-refractivity contribution in [1.82, 2.24) is 0 Å². The maximum absolute atomic E-state index is 12.4. The molecule has 0 saturated heterocycles. The average molecular weight is 279 g/mol. The summed E-state index contributed by atoms with van der Waals surface area (Å²) in [5.74, 6) is -0.182. The number of Topliss-reactive ketones (excluding diaryl/α,β-unsaturated/α-hetero) is 2. The summed E-state index contributed by atoms with van der Waals surface area (Å²) in [5.41, 5.74) is 2.46. The zero-order chi connectivity index (χ0) is 13.7. The number of benzene rings is 2. The van der Waals surface area contributed by atoms with Crippen LogP contribution in [0.1, 0.15) is 20.7 Å². The van der Waals surface area contributed by atoms with Gasteiger partial charge in [0.1, 0.15) is 5.70 Å². The molecular weight excluding hydrogens is 270 g/mol. The van der Waals surface area contributed by atoms with E-state index < -0.39 is 0 Å². The molecule has 2 aromatic carbocycles. The van der Waals surface area contributed by atoms with Gasteiger partial charge in [-0.05, 0) is 24.3 Å². The van der Waals surface area contributed by atoms with E-state index in [-0.39, 0.29) is 11.6 Å². The number of carbonyl (C=O) groups is 2. The van der Waals surface area contributed by atoms with Crippen molar-refractivity contribution in [3.63, 3.8) is 0 Å². The van der Waals surface area contributed by atoms with Gasteiger partial charge in [-0.25, -0.2) is 0 Å². The molecule has 2 aliphatic heterocycles. The SMILES string of the molecule is O=C1/C(=C2\Sc3ccccc3C2=O)Nc2ccccc21. The number of allylic oxidation sites excluding steroid dienone is 2. The van der Waals surface area contributed by atoms with Crippen molar-refractivity contribution in [2.75, 3.05) is 5.32 Å². The third kappa shape index (κ3) is 1.48. The minimum Gasteiger partial charge on any atom is -0.351 e. The van der Waals surface area contributed by atoms with Crippen LogP contribution in [0.2, 0.25) is 0 Å². The van der Waals surface area contributed by atoms with E-state index >= 15 is 0 Å². The Balaban J connectivity index is 1.85. The number of anilines is 1. The molecule has 4 rings (SSSR count). The standard InChI is InChI=1S/C16H9NO2S/c18-14-9-5-1-3-7-11(9)17-13(14)16-15(19)10-6-2-4-8-12(10)20-16/h1-8,17H/b16-13+. The fourth-order valence-electron chi connectivity index (χ4n) is 2.46. The normalized spacial score (nSPS) is 19.8. The number of rotatable bonds is 0. The molecule has 2 heterocycles. The van der Waals surface area contributed by atoms with Crippen LogP contribution in [0.25, 0.3) is 0 Å². The molecule has 3 nitrogen and oxygen atoms in total. The Labute approximate surface area is 119 Å². The number of hydrogen-bond acceptors (Lipinski definition) is 4. The number of thioether (sulfide) groups is 1. The topological polar surface area (TPSA) is 46.2 Å². The molecule has 4 heteroatoms. The van der Waals surface area contributed by atoms with Crippen LogP contribution in [0.3, 0.4) is 0 Å². The molecule has 0 radical (unpaired) electrons. The zero-order valence-electron chi connectivity index (χ0n) is 10.3. The first-order chi connectivity index (χ1) is 9.75. The second-order valence-electron chi connectivity index (χ2n) is 4.63. The highest BCUT2D eigenvalue weighted by molar-refractivity contribution is 8.04. The first kappa shape index (κ1) is 11.5. The zero-order valence-corrected chi connectivity index (χ0v) is 11.2. The van der Waals surface area contributed by atoms with Gasteiger partial charge in [-0.3, -0.25) is 9.59 Å². The van der Waals surface area contributed by atoms with E-state index in [9.17, 15) is 9.59 Å². The minimum absolute atomic E-state index is 0.0748. The van der Waals surface area contributed by atoms with Gasteiger partial charge in [0.05, 0.1) is 4.91 Å². The molecule has 2 aliphatic rings. The van der Waals surface area contributed by atoms with Gasteiger partial charge in [0, 0.05) is 21.7 Å². The number of fused-ring (bicyclic) bond motifs is 2. The molecule has 0 aromatic heterocycles. The fraction of sp³-hybridized carbons (Fsp3) is 0. The van der Waals surface area contributed by atoms with Gasteiger partial charge in [-0.15, -0.1) is 0 Å². The summed E-state index contributed by atoms with van der Waals surface area (Å²) in [4.78, 5) is 26.2. The molecule has 0 fully saturated rings. The van der Waals surface area contributed by atoms with Gasteiger partial charge in [0.2, 0.25) is 11.6 Å². The molecule has 0 atom stereocenters. The Kier molecular flexibility index (Phi) is 2.35. The van der Waals surface area contributed by atoms with E-state index in [4.69, 9.17) is 0 Å². The van der Waals surface area contributed by atoms with Crippen molar-refractivity contribution in [3.05, 3.63) is 70.3 Å². The van der Waals surface area contributed by atoms with Crippen molar-refractivity contribution < 1.29 is 9.59 Å². The summed E-state index contributed by atoms with van der Waals surface area (Å²) in [7, 11) is 0. The molecule has 0 saturated carbocycles. The maximum Gasteiger partial charge on any atom is 0.212 e. The van der Waals surface area contributed by atoms with E-state index in [1.807, 2.05) is 36.4 Å². The predicted molar refractivity (Wildman–Crippen MR) is 78.1 cm³/mol. The summed E-state index contributed by atoms with van der Waals surface area (Å²) in [6.45, 7) is 0. The van der Waals surface area contributed by atoms with E-state index in [0.29, 0.717) is 21.7 Å². The highest BCUT2D eigenvalue weighted by Crippen LogP contribution is 2.43. The minimum atomic E-state index is -0.107. The Morgan fingerprint density at radius 3 is 2.25 bits per heavy atom. The maximum atomic E-state index is 12.4. The lowest BCUT2D eigenvalue weighted by Gasteiger charge is -2.01. The summed E-state index contributed by atoms with van der Waals surface area (Å²) in [6.07, 6.45) is 0. The third-order valence-corrected chi connectivity index (χ3v) is 4.60.